The quantitative estimate of drug-likeness (QED) is 0.642. The van der Waals surface area contributed by atoms with Crippen molar-refractivity contribution < 1.29 is 14.3 Å². The van der Waals surface area contributed by atoms with Crippen LogP contribution in [0.4, 0.5) is 4.79 Å². The molecule has 2 unspecified atom stereocenters. The number of rotatable bonds is 9. The van der Waals surface area contributed by atoms with Gasteiger partial charge >= 0.3 is 6.09 Å². The Morgan fingerprint density at radius 2 is 2.00 bits per heavy atom. The number of carbonyl (C=O) groups excluding carboxylic acids is 1. The summed E-state index contributed by atoms with van der Waals surface area (Å²) in [7, 11) is 1.73. The molecule has 2 atom stereocenters. The number of nitrogens with one attached hydrogen (secondary N) is 2. The van der Waals surface area contributed by atoms with Crippen LogP contribution < -0.4 is 10.6 Å². The van der Waals surface area contributed by atoms with Gasteiger partial charge in [-0.15, -0.1) is 0 Å². The van der Waals surface area contributed by atoms with Crippen molar-refractivity contribution >= 4 is 6.09 Å². The standard InChI is InChI=1S/C17H34N2O3/c1-16(2,3)22-15(20)18-9-7-8-14(12-21-6)19-11-13-10-17(13,4)5/h13-14,19H,7-12H2,1-6H3,(H,18,20). The molecule has 0 aromatic carbocycles. The largest absolute Gasteiger partial charge is 0.444 e. The number of ether oxygens (including phenoxy) is 2. The fraction of sp³-hybridized carbons (Fsp3) is 0.941. The van der Waals surface area contributed by atoms with E-state index < -0.39 is 5.60 Å². The van der Waals surface area contributed by atoms with Gasteiger partial charge in [-0.25, -0.2) is 4.79 Å². The van der Waals surface area contributed by atoms with Crippen molar-refractivity contribution in [3.05, 3.63) is 0 Å². The van der Waals surface area contributed by atoms with Gasteiger partial charge in [0.1, 0.15) is 5.60 Å². The lowest BCUT2D eigenvalue weighted by atomic mass is 10.1. The maximum Gasteiger partial charge on any atom is 0.407 e. The highest BCUT2D eigenvalue weighted by molar-refractivity contribution is 5.67. The molecular formula is C17H34N2O3. The van der Waals surface area contributed by atoms with Crippen LogP contribution in [0.3, 0.4) is 0 Å². The first kappa shape index (κ1) is 19.2. The van der Waals surface area contributed by atoms with E-state index in [4.69, 9.17) is 9.47 Å². The van der Waals surface area contributed by atoms with Crippen molar-refractivity contribution in [3.8, 4) is 0 Å². The summed E-state index contributed by atoms with van der Waals surface area (Å²) in [4.78, 5) is 11.6. The Bertz CT molecular complexity index is 350. The van der Waals surface area contributed by atoms with Gasteiger partial charge in [-0.3, -0.25) is 0 Å². The van der Waals surface area contributed by atoms with Gasteiger partial charge in [0.25, 0.3) is 0 Å². The molecule has 1 rings (SSSR count). The lowest BCUT2D eigenvalue weighted by Crippen LogP contribution is -2.37. The molecule has 0 aliphatic heterocycles. The molecule has 5 nitrogen and oxygen atoms in total. The summed E-state index contributed by atoms with van der Waals surface area (Å²) >= 11 is 0. The van der Waals surface area contributed by atoms with Gasteiger partial charge in [0, 0.05) is 19.7 Å². The van der Waals surface area contributed by atoms with Crippen LogP contribution in [0.1, 0.15) is 53.9 Å². The molecule has 5 heteroatoms. The molecule has 1 fully saturated rings. The molecule has 1 saturated carbocycles. The van der Waals surface area contributed by atoms with Gasteiger partial charge in [-0.1, -0.05) is 13.8 Å². The van der Waals surface area contributed by atoms with E-state index in [2.05, 4.69) is 24.5 Å². The first-order valence-corrected chi connectivity index (χ1v) is 8.33. The highest BCUT2D eigenvalue weighted by Crippen LogP contribution is 2.51. The van der Waals surface area contributed by atoms with E-state index >= 15 is 0 Å². The Balaban J connectivity index is 2.14. The van der Waals surface area contributed by atoms with Crippen LogP contribution in [-0.4, -0.2) is 44.5 Å². The third kappa shape index (κ3) is 7.99. The third-order valence-electron chi connectivity index (χ3n) is 4.14. The van der Waals surface area contributed by atoms with Crippen LogP contribution in [0.25, 0.3) is 0 Å². The Morgan fingerprint density at radius 3 is 2.50 bits per heavy atom. The van der Waals surface area contributed by atoms with Crippen molar-refractivity contribution in [1.29, 1.82) is 0 Å². The van der Waals surface area contributed by atoms with E-state index in [0.29, 0.717) is 24.6 Å². The molecule has 1 aliphatic rings. The number of alkyl carbamates (subject to hydrolysis) is 1. The highest BCUT2D eigenvalue weighted by atomic mass is 16.6. The average molecular weight is 314 g/mol. The summed E-state index contributed by atoms with van der Waals surface area (Å²) in [6.07, 6.45) is 2.86. The first-order valence-electron chi connectivity index (χ1n) is 8.33. The Labute approximate surface area is 135 Å². The third-order valence-corrected chi connectivity index (χ3v) is 4.14. The zero-order chi connectivity index (χ0) is 16.8. The molecule has 0 aromatic heterocycles. The number of amides is 1. The highest BCUT2D eigenvalue weighted by Gasteiger charge is 2.44. The summed E-state index contributed by atoms with van der Waals surface area (Å²) < 4.78 is 10.5. The van der Waals surface area contributed by atoms with Crippen LogP contribution in [0, 0.1) is 11.3 Å². The lowest BCUT2D eigenvalue weighted by molar-refractivity contribution is 0.0526. The summed E-state index contributed by atoms with van der Waals surface area (Å²) in [6.45, 7) is 12.6. The number of hydrogen-bond acceptors (Lipinski definition) is 4. The Hall–Kier alpha value is -0.810. The topological polar surface area (TPSA) is 59.6 Å². The molecular weight excluding hydrogens is 280 g/mol. The maximum absolute atomic E-state index is 11.6. The van der Waals surface area contributed by atoms with Crippen molar-refractivity contribution in [1.82, 2.24) is 10.6 Å². The Kier molecular flexibility index (Phi) is 7.13. The van der Waals surface area contributed by atoms with E-state index in [-0.39, 0.29) is 6.09 Å². The summed E-state index contributed by atoms with van der Waals surface area (Å²) in [5, 5.41) is 6.39. The van der Waals surface area contributed by atoms with Crippen LogP contribution in [0.15, 0.2) is 0 Å². The van der Waals surface area contributed by atoms with Gasteiger partial charge in [0.15, 0.2) is 0 Å². The van der Waals surface area contributed by atoms with Crippen molar-refractivity contribution in [2.24, 2.45) is 11.3 Å². The Morgan fingerprint density at radius 1 is 1.36 bits per heavy atom. The maximum atomic E-state index is 11.6. The molecule has 0 saturated heterocycles. The second-order valence-corrected chi connectivity index (χ2v) is 8.02. The predicted molar refractivity (Wildman–Crippen MR) is 89.0 cm³/mol. The van der Waals surface area contributed by atoms with Crippen LogP contribution in [0.2, 0.25) is 0 Å². The smallest absolute Gasteiger partial charge is 0.407 e. The molecule has 130 valence electrons. The summed E-state index contributed by atoms with van der Waals surface area (Å²) in [5.41, 5.74) is 0.0597. The molecule has 1 aliphatic carbocycles. The second kappa shape index (κ2) is 8.16. The molecule has 0 spiro atoms. The molecule has 0 radical (unpaired) electrons. The SMILES string of the molecule is COCC(CCCNC(=O)OC(C)(C)C)NCC1CC1(C)C. The van der Waals surface area contributed by atoms with Gasteiger partial charge in [0.05, 0.1) is 6.61 Å². The van der Waals surface area contributed by atoms with Gasteiger partial charge in [0.2, 0.25) is 0 Å². The van der Waals surface area contributed by atoms with Crippen molar-refractivity contribution in [2.45, 2.75) is 65.5 Å². The number of hydrogen-bond donors (Lipinski definition) is 2. The van der Waals surface area contributed by atoms with Crippen molar-refractivity contribution in [2.75, 3.05) is 26.8 Å². The van der Waals surface area contributed by atoms with E-state index in [0.717, 1.165) is 25.3 Å². The second-order valence-electron chi connectivity index (χ2n) is 8.02. The zero-order valence-corrected chi connectivity index (χ0v) is 15.1. The van der Waals surface area contributed by atoms with Gasteiger partial charge < -0.3 is 20.1 Å². The van der Waals surface area contributed by atoms with E-state index in [1.165, 1.54) is 6.42 Å². The average Bonchev–Trinajstić information content (AvgIpc) is 2.97. The van der Waals surface area contributed by atoms with Crippen LogP contribution in [0.5, 0.6) is 0 Å². The molecule has 0 bridgehead atoms. The molecule has 1 amide bonds. The van der Waals surface area contributed by atoms with Crippen LogP contribution in [-0.2, 0) is 9.47 Å². The lowest BCUT2D eigenvalue weighted by Gasteiger charge is -2.21. The number of carbonyl (C=O) groups is 1. The number of methoxy groups -OCH3 is 1. The summed E-state index contributed by atoms with van der Waals surface area (Å²) in [5.74, 6) is 0.784. The minimum absolute atomic E-state index is 0.344. The van der Waals surface area contributed by atoms with Gasteiger partial charge in [-0.05, 0) is 57.9 Å². The molecule has 22 heavy (non-hydrogen) atoms. The van der Waals surface area contributed by atoms with E-state index in [1.54, 1.807) is 7.11 Å². The minimum Gasteiger partial charge on any atom is -0.444 e. The first-order chi connectivity index (χ1) is 10.1. The summed E-state index contributed by atoms with van der Waals surface area (Å²) in [6, 6.07) is 0.349. The minimum atomic E-state index is -0.443. The zero-order valence-electron chi connectivity index (χ0n) is 15.1. The fourth-order valence-electron chi connectivity index (χ4n) is 2.53. The van der Waals surface area contributed by atoms with E-state index in [9.17, 15) is 4.79 Å². The van der Waals surface area contributed by atoms with Crippen molar-refractivity contribution in [3.63, 3.8) is 0 Å². The fourth-order valence-corrected chi connectivity index (χ4v) is 2.53. The van der Waals surface area contributed by atoms with Gasteiger partial charge in [-0.2, -0.15) is 0 Å². The monoisotopic (exact) mass is 314 g/mol. The normalized spacial score (nSPS) is 21.3. The predicted octanol–water partition coefficient (Wildman–Crippen LogP) is 2.94. The van der Waals surface area contributed by atoms with Crippen LogP contribution >= 0.6 is 0 Å². The molecule has 0 heterocycles. The van der Waals surface area contributed by atoms with E-state index in [1.807, 2.05) is 20.8 Å². The molecule has 2 N–H and O–H groups in total. The molecule has 0 aromatic rings.